The van der Waals surface area contributed by atoms with Crippen molar-refractivity contribution in [2.45, 2.75) is 13.3 Å². The van der Waals surface area contributed by atoms with E-state index in [1.165, 1.54) is 7.11 Å². The van der Waals surface area contributed by atoms with Crippen LogP contribution in [0.1, 0.15) is 18.1 Å². The lowest BCUT2D eigenvalue weighted by atomic mass is 10.1. The summed E-state index contributed by atoms with van der Waals surface area (Å²) in [5.74, 6) is 0.226. The molecule has 0 fully saturated rings. The van der Waals surface area contributed by atoms with Gasteiger partial charge in [0.05, 0.1) is 20.1 Å². The molecule has 0 unspecified atom stereocenters. The highest BCUT2D eigenvalue weighted by Gasteiger charge is 2.14. The highest BCUT2D eigenvalue weighted by Crippen LogP contribution is 2.26. The van der Waals surface area contributed by atoms with Gasteiger partial charge in [0.2, 0.25) is 0 Å². The van der Waals surface area contributed by atoms with Crippen molar-refractivity contribution in [3.63, 3.8) is 0 Å². The van der Waals surface area contributed by atoms with Crippen molar-refractivity contribution in [2.75, 3.05) is 13.7 Å². The fourth-order valence-electron chi connectivity index (χ4n) is 1.38. The van der Waals surface area contributed by atoms with Crippen LogP contribution in [0.25, 0.3) is 0 Å². The van der Waals surface area contributed by atoms with Crippen LogP contribution in [0.3, 0.4) is 0 Å². The number of nitrogens with zero attached hydrogens (tertiary/aromatic N) is 1. The molecule has 0 saturated heterocycles. The molecule has 0 aromatic heterocycles. The summed E-state index contributed by atoms with van der Waals surface area (Å²) < 4.78 is 10.7. The van der Waals surface area contributed by atoms with Gasteiger partial charge >= 0.3 is 5.97 Å². The van der Waals surface area contributed by atoms with Gasteiger partial charge in [0.15, 0.2) is 0 Å². The van der Waals surface area contributed by atoms with Crippen LogP contribution in [0.5, 0.6) is 5.75 Å². The number of nitriles is 1. The number of hydrogen-bond acceptors (Lipinski definition) is 4. The standard InChI is InChI=1S/C12H12INO3/c1-3-17-11(15)6-8-4-5-10(16-2)9(7-14)12(8)13/h4-5H,3,6H2,1-2H3. The van der Waals surface area contributed by atoms with Gasteiger partial charge in [0, 0.05) is 3.57 Å². The van der Waals surface area contributed by atoms with Crippen molar-refractivity contribution in [2.24, 2.45) is 0 Å². The van der Waals surface area contributed by atoms with Crippen molar-refractivity contribution >= 4 is 28.6 Å². The predicted octanol–water partition coefficient (Wildman–Crippen LogP) is 2.28. The molecule has 1 aromatic rings. The first kappa shape index (κ1) is 13.8. The van der Waals surface area contributed by atoms with E-state index in [1.54, 1.807) is 19.1 Å². The molecular weight excluding hydrogens is 333 g/mol. The van der Waals surface area contributed by atoms with Crippen LogP contribution < -0.4 is 4.74 Å². The zero-order valence-electron chi connectivity index (χ0n) is 9.62. The molecule has 1 rings (SSSR count). The third kappa shape index (κ3) is 3.33. The average molecular weight is 345 g/mol. The van der Waals surface area contributed by atoms with Gasteiger partial charge in [0.25, 0.3) is 0 Å². The first-order valence-corrected chi connectivity index (χ1v) is 6.13. The molecule has 0 bridgehead atoms. The summed E-state index contributed by atoms with van der Waals surface area (Å²) in [5, 5.41) is 9.04. The van der Waals surface area contributed by atoms with Gasteiger partial charge in [-0.05, 0) is 41.1 Å². The van der Waals surface area contributed by atoms with Gasteiger partial charge in [0.1, 0.15) is 17.4 Å². The second kappa shape index (κ2) is 6.45. The second-order valence-corrected chi connectivity index (χ2v) is 4.29. The Kier molecular flexibility index (Phi) is 5.22. The minimum absolute atomic E-state index is 0.171. The fourth-order valence-corrected chi connectivity index (χ4v) is 2.14. The van der Waals surface area contributed by atoms with E-state index >= 15 is 0 Å². The number of methoxy groups -OCH3 is 1. The Morgan fingerprint density at radius 2 is 2.24 bits per heavy atom. The molecule has 0 saturated carbocycles. The first-order chi connectivity index (χ1) is 8.13. The first-order valence-electron chi connectivity index (χ1n) is 5.05. The van der Waals surface area contributed by atoms with Crippen LogP contribution in [0.15, 0.2) is 12.1 Å². The SMILES string of the molecule is CCOC(=O)Cc1ccc(OC)c(C#N)c1I. The number of esters is 1. The van der Waals surface area contributed by atoms with E-state index in [2.05, 4.69) is 6.07 Å². The number of carbonyl (C=O) groups excluding carboxylic acids is 1. The van der Waals surface area contributed by atoms with E-state index in [0.717, 1.165) is 9.13 Å². The Bertz CT molecular complexity index is 466. The maximum atomic E-state index is 11.4. The fraction of sp³-hybridized carbons (Fsp3) is 0.333. The Labute approximate surface area is 114 Å². The molecule has 0 aliphatic rings. The van der Waals surface area contributed by atoms with Gasteiger partial charge in [-0.25, -0.2) is 0 Å². The van der Waals surface area contributed by atoms with Crippen LogP contribution in [-0.4, -0.2) is 19.7 Å². The van der Waals surface area contributed by atoms with Crippen molar-refractivity contribution in [1.29, 1.82) is 5.26 Å². The van der Waals surface area contributed by atoms with Gasteiger partial charge in [-0.1, -0.05) is 6.07 Å². The predicted molar refractivity (Wildman–Crippen MR) is 70.8 cm³/mol. The second-order valence-electron chi connectivity index (χ2n) is 3.21. The minimum atomic E-state index is -0.292. The minimum Gasteiger partial charge on any atom is -0.495 e. The monoisotopic (exact) mass is 345 g/mol. The molecule has 0 aliphatic heterocycles. The summed E-state index contributed by atoms with van der Waals surface area (Å²) in [6.45, 7) is 2.12. The van der Waals surface area contributed by atoms with Crippen molar-refractivity contribution < 1.29 is 14.3 Å². The summed E-state index contributed by atoms with van der Waals surface area (Å²) in [5.41, 5.74) is 1.23. The third-order valence-corrected chi connectivity index (χ3v) is 3.39. The maximum Gasteiger partial charge on any atom is 0.310 e. The quantitative estimate of drug-likeness (QED) is 0.621. The Balaban J connectivity index is 3.04. The summed E-state index contributed by atoms with van der Waals surface area (Å²) in [7, 11) is 1.51. The highest BCUT2D eigenvalue weighted by atomic mass is 127. The highest BCUT2D eigenvalue weighted by molar-refractivity contribution is 14.1. The van der Waals surface area contributed by atoms with Gasteiger partial charge in [-0.15, -0.1) is 0 Å². The van der Waals surface area contributed by atoms with Gasteiger partial charge in [-0.2, -0.15) is 5.26 Å². The normalized spacial score (nSPS) is 9.53. The third-order valence-electron chi connectivity index (χ3n) is 2.16. The zero-order valence-corrected chi connectivity index (χ0v) is 11.8. The molecule has 0 radical (unpaired) electrons. The number of carbonyl (C=O) groups is 1. The van der Waals surface area contributed by atoms with Crippen LogP contribution in [-0.2, 0) is 16.0 Å². The lowest BCUT2D eigenvalue weighted by molar-refractivity contribution is -0.142. The van der Waals surface area contributed by atoms with E-state index in [-0.39, 0.29) is 12.4 Å². The van der Waals surface area contributed by atoms with Crippen LogP contribution in [0.4, 0.5) is 0 Å². The summed E-state index contributed by atoms with van der Waals surface area (Å²) in [4.78, 5) is 11.4. The van der Waals surface area contributed by atoms with E-state index in [4.69, 9.17) is 14.7 Å². The molecule has 0 N–H and O–H groups in total. The molecule has 90 valence electrons. The Hall–Kier alpha value is -1.29. The van der Waals surface area contributed by atoms with Crippen molar-refractivity contribution in [1.82, 2.24) is 0 Å². The maximum absolute atomic E-state index is 11.4. The molecular formula is C12H12INO3. The molecule has 1 aromatic carbocycles. The summed E-state index contributed by atoms with van der Waals surface area (Å²) >= 11 is 2.04. The number of benzene rings is 1. The van der Waals surface area contributed by atoms with E-state index in [0.29, 0.717) is 17.9 Å². The number of rotatable bonds is 4. The smallest absolute Gasteiger partial charge is 0.310 e. The number of halogens is 1. The molecule has 0 spiro atoms. The Morgan fingerprint density at radius 3 is 2.76 bits per heavy atom. The lowest BCUT2D eigenvalue weighted by Crippen LogP contribution is -2.09. The van der Waals surface area contributed by atoms with Crippen molar-refractivity contribution in [3.05, 3.63) is 26.8 Å². The molecule has 0 atom stereocenters. The lowest BCUT2D eigenvalue weighted by Gasteiger charge is -2.09. The summed E-state index contributed by atoms with van der Waals surface area (Å²) in [6, 6.07) is 5.54. The largest absolute Gasteiger partial charge is 0.495 e. The Morgan fingerprint density at radius 1 is 1.53 bits per heavy atom. The summed E-state index contributed by atoms with van der Waals surface area (Å²) in [6.07, 6.45) is 0.171. The van der Waals surface area contributed by atoms with Gasteiger partial charge < -0.3 is 9.47 Å². The van der Waals surface area contributed by atoms with E-state index in [9.17, 15) is 4.79 Å². The molecule has 17 heavy (non-hydrogen) atoms. The van der Waals surface area contributed by atoms with E-state index in [1.807, 2.05) is 22.6 Å². The van der Waals surface area contributed by atoms with Gasteiger partial charge in [-0.3, -0.25) is 4.79 Å². The van der Waals surface area contributed by atoms with Crippen LogP contribution in [0, 0.1) is 14.9 Å². The number of ether oxygens (including phenoxy) is 2. The molecule has 4 nitrogen and oxygen atoms in total. The molecule has 0 amide bonds. The number of hydrogen-bond donors (Lipinski definition) is 0. The van der Waals surface area contributed by atoms with Crippen LogP contribution >= 0.6 is 22.6 Å². The zero-order chi connectivity index (χ0) is 12.8. The van der Waals surface area contributed by atoms with Crippen molar-refractivity contribution in [3.8, 4) is 11.8 Å². The van der Waals surface area contributed by atoms with Crippen LogP contribution in [0.2, 0.25) is 0 Å². The molecule has 5 heteroatoms. The van der Waals surface area contributed by atoms with E-state index < -0.39 is 0 Å². The molecule has 0 aliphatic carbocycles. The average Bonchev–Trinajstić information content (AvgIpc) is 2.31. The molecule has 0 heterocycles. The topological polar surface area (TPSA) is 59.3 Å².